The molecule has 0 atom stereocenters. The van der Waals surface area contributed by atoms with Gasteiger partial charge in [-0.2, -0.15) is 0 Å². The standard InChI is InChI=1S/C22H15N5/c1-2-8-15(9-3-1)21-25-24-20-14-26-19-13-7-5-11-17(19)23-22(26)16-10-4-6-12-18(16)27(20)21/h1-13H,14H2. The fourth-order valence-electron chi connectivity index (χ4n) is 3.89. The maximum Gasteiger partial charge on any atom is 0.168 e. The lowest BCUT2D eigenvalue weighted by molar-refractivity contribution is 0.763. The van der Waals surface area contributed by atoms with Crippen LogP contribution in [0.25, 0.3) is 39.5 Å². The van der Waals surface area contributed by atoms with Crippen LogP contribution < -0.4 is 0 Å². The Morgan fingerprint density at radius 2 is 1.48 bits per heavy atom. The number of hydrogen-bond donors (Lipinski definition) is 0. The van der Waals surface area contributed by atoms with Gasteiger partial charge in [0.25, 0.3) is 0 Å². The predicted octanol–water partition coefficient (Wildman–Crippen LogP) is 4.31. The molecule has 0 bridgehead atoms. The molecule has 0 saturated heterocycles. The Morgan fingerprint density at radius 1 is 0.704 bits per heavy atom. The number of fused-ring (bicyclic) bond motifs is 7. The summed E-state index contributed by atoms with van der Waals surface area (Å²) < 4.78 is 4.39. The maximum absolute atomic E-state index is 4.92. The maximum atomic E-state index is 4.92. The molecule has 0 spiro atoms. The molecule has 0 fully saturated rings. The average molecular weight is 349 g/mol. The number of para-hydroxylation sites is 3. The Labute approximate surface area is 155 Å². The van der Waals surface area contributed by atoms with Crippen molar-refractivity contribution in [3.63, 3.8) is 0 Å². The second-order valence-corrected chi connectivity index (χ2v) is 6.67. The number of imidazole rings is 1. The van der Waals surface area contributed by atoms with E-state index in [1.165, 1.54) is 0 Å². The van der Waals surface area contributed by atoms with Crippen molar-refractivity contribution in [3.05, 3.63) is 84.7 Å². The predicted molar refractivity (Wildman–Crippen MR) is 105 cm³/mol. The van der Waals surface area contributed by atoms with Gasteiger partial charge >= 0.3 is 0 Å². The molecule has 0 radical (unpaired) electrons. The monoisotopic (exact) mass is 349 g/mol. The Morgan fingerprint density at radius 3 is 2.41 bits per heavy atom. The molecule has 1 aliphatic rings. The molecular weight excluding hydrogens is 334 g/mol. The third-order valence-electron chi connectivity index (χ3n) is 5.10. The summed E-state index contributed by atoms with van der Waals surface area (Å²) in [6, 6.07) is 26.8. The van der Waals surface area contributed by atoms with Gasteiger partial charge in [0.05, 0.1) is 23.3 Å². The number of rotatable bonds is 1. The Hall–Kier alpha value is -3.73. The summed E-state index contributed by atoms with van der Waals surface area (Å²) in [7, 11) is 0. The van der Waals surface area contributed by atoms with Gasteiger partial charge in [-0.25, -0.2) is 4.98 Å². The largest absolute Gasteiger partial charge is 0.316 e. The van der Waals surface area contributed by atoms with E-state index in [0.29, 0.717) is 6.54 Å². The molecule has 1 aliphatic heterocycles. The summed E-state index contributed by atoms with van der Waals surface area (Å²) in [6.07, 6.45) is 0. The van der Waals surface area contributed by atoms with Crippen molar-refractivity contribution in [2.45, 2.75) is 6.54 Å². The fraction of sp³-hybridized carbons (Fsp3) is 0.0455. The first-order valence-corrected chi connectivity index (χ1v) is 8.95. The van der Waals surface area contributed by atoms with Crippen molar-refractivity contribution in [2.75, 3.05) is 0 Å². The van der Waals surface area contributed by atoms with Crippen LogP contribution in [-0.4, -0.2) is 24.3 Å². The zero-order valence-corrected chi connectivity index (χ0v) is 14.4. The smallest absolute Gasteiger partial charge is 0.168 e. The lowest BCUT2D eigenvalue weighted by atomic mass is 10.1. The summed E-state index contributed by atoms with van der Waals surface area (Å²) in [6.45, 7) is 0.629. The van der Waals surface area contributed by atoms with Gasteiger partial charge in [0, 0.05) is 11.1 Å². The molecule has 0 saturated carbocycles. The lowest BCUT2D eigenvalue weighted by Gasteiger charge is -2.11. The highest BCUT2D eigenvalue weighted by Gasteiger charge is 2.25. The first kappa shape index (κ1) is 14.4. The topological polar surface area (TPSA) is 48.5 Å². The Kier molecular flexibility index (Phi) is 2.88. The number of hydrogen-bond acceptors (Lipinski definition) is 3. The van der Waals surface area contributed by atoms with Crippen LogP contribution >= 0.6 is 0 Å². The van der Waals surface area contributed by atoms with Crippen LogP contribution in [0.15, 0.2) is 78.9 Å². The highest BCUT2D eigenvalue weighted by Crippen LogP contribution is 2.35. The molecule has 5 heteroatoms. The van der Waals surface area contributed by atoms with E-state index >= 15 is 0 Å². The minimum absolute atomic E-state index is 0.629. The average Bonchev–Trinajstić information content (AvgIpc) is 3.28. The van der Waals surface area contributed by atoms with E-state index in [1.54, 1.807) is 0 Å². The molecule has 5 nitrogen and oxygen atoms in total. The van der Waals surface area contributed by atoms with Crippen LogP contribution in [0, 0.1) is 0 Å². The minimum atomic E-state index is 0.629. The highest BCUT2D eigenvalue weighted by atomic mass is 15.3. The molecule has 0 unspecified atom stereocenters. The third-order valence-corrected chi connectivity index (χ3v) is 5.10. The van der Waals surface area contributed by atoms with Gasteiger partial charge in [0.2, 0.25) is 0 Å². The number of nitrogens with zero attached hydrogens (tertiary/aromatic N) is 5. The zero-order chi connectivity index (χ0) is 17.8. The normalized spacial score (nSPS) is 12.3. The van der Waals surface area contributed by atoms with E-state index in [9.17, 15) is 0 Å². The van der Waals surface area contributed by atoms with Gasteiger partial charge in [-0.3, -0.25) is 4.57 Å². The van der Waals surface area contributed by atoms with Gasteiger partial charge in [-0.05, 0) is 24.3 Å². The van der Waals surface area contributed by atoms with Crippen LogP contribution in [0.5, 0.6) is 0 Å². The summed E-state index contributed by atoms with van der Waals surface area (Å²) in [5, 5.41) is 9.07. The molecule has 6 rings (SSSR count). The fourth-order valence-corrected chi connectivity index (χ4v) is 3.89. The molecule has 128 valence electrons. The van der Waals surface area contributed by atoms with Crippen molar-refractivity contribution in [1.82, 2.24) is 24.3 Å². The minimum Gasteiger partial charge on any atom is -0.316 e. The second-order valence-electron chi connectivity index (χ2n) is 6.67. The van der Waals surface area contributed by atoms with Crippen LogP contribution in [0.2, 0.25) is 0 Å². The van der Waals surface area contributed by atoms with E-state index in [-0.39, 0.29) is 0 Å². The van der Waals surface area contributed by atoms with Gasteiger partial charge < -0.3 is 4.57 Å². The SMILES string of the molecule is c1ccc(-c2nnc3n2-c2ccccc2-c2nc4ccccc4n2C3)cc1. The van der Waals surface area contributed by atoms with E-state index < -0.39 is 0 Å². The third kappa shape index (κ3) is 2.02. The van der Waals surface area contributed by atoms with Crippen molar-refractivity contribution in [2.24, 2.45) is 0 Å². The van der Waals surface area contributed by atoms with Gasteiger partial charge in [-0.15, -0.1) is 10.2 Å². The van der Waals surface area contributed by atoms with Crippen LogP contribution in [0.4, 0.5) is 0 Å². The summed E-state index contributed by atoms with van der Waals surface area (Å²) in [5.74, 6) is 2.73. The van der Waals surface area contributed by atoms with E-state index in [0.717, 1.165) is 45.3 Å². The molecule has 0 N–H and O–H groups in total. The van der Waals surface area contributed by atoms with Crippen molar-refractivity contribution < 1.29 is 0 Å². The molecule has 0 aliphatic carbocycles. The lowest BCUT2D eigenvalue weighted by Crippen LogP contribution is -2.05. The zero-order valence-electron chi connectivity index (χ0n) is 14.4. The molecule has 3 heterocycles. The molecule has 2 aromatic heterocycles. The molecule has 5 aromatic rings. The Balaban J connectivity index is 1.70. The second kappa shape index (κ2) is 5.38. The number of benzene rings is 3. The quantitative estimate of drug-likeness (QED) is 0.444. The molecule has 27 heavy (non-hydrogen) atoms. The summed E-state index contributed by atoms with van der Waals surface area (Å²) in [5.41, 5.74) is 5.31. The number of aromatic nitrogens is 5. The van der Waals surface area contributed by atoms with E-state index in [2.05, 4.69) is 67.9 Å². The van der Waals surface area contributed by atoms with Crippen LogP contribution in [0.1, 0.15) is 5.82 Å². The van der Waals surface area contributed by atoms with Gasteiger partial charge in [0.15, 0.2) is 11.6 Å². The van der Waals surface area contributed by atoms with Gasteiger partial charge in [0.1, 0.15) is 5.82 Å². The van der Waals surface area contributed by atoms with Crippen LogP contribution in [-0.2, 0) is 6.54 Å². The first-order valence-electron chi connectivity index (χ1n) is 8.95. The summed E-state index contributed by atoms with van der Waals surface area (Å²) in [4.78, 5) is 4.92. The van der Waals surface area contributed by atoms with Crippen molar-refractivity contribution >= 4 is 11.0 Å². The van der Waals surface area contributed by atoms with Crippen LogP contribution in [0.3, 0.4) is 0 Å². The van der Waals surface area contributed by atoms with E-state index in [1.807, 2.05) is 30.3 Å². The van der Waals surface area contributed by atoms with Crippen molar-refractivity contribution in [3.8, 4) is 28.5 Å². The summed E-state index contributed by atoms with van der Waals surface area (Å²) >= 11 is 0. The van der Waals surface area contributed by atoms with Gasteiger partial charge in [-0.1, -0.05) is 54.6 Å². The molecular formula is C22H15N5. The Bertz CT molecular complexity index is 1300. The molecule has 0 amide bonds. The van der Waals surface area contributed by atoms with E-state index in [4.69, 9.17) is 4.98 Å². The van der Waals surface area contributed by atoms with Crippen molar-refractivity contribution in [1.29, 1.82) is 0 Å². The highest BCUT2D eigenvalue weighted by molar-refractivity contribution is 5.83. The molecule has 3 aromatic carbocycles. The first-order chi connectivity index (χ1) is 13.4.